The molecule has 1 aromatic heterocycles. The highest BCUT2D eigenvalue weighted by molar-refractivity contribution is 5.93. The number of morpholine rings is 1. The van der Waals surface area contributed by atoms with Crippen LogP contribution in [-0.2, 0) is 4.74 Å². The number of aromatic nitrogens is 1. The molecule has 1 aromatic rings. The van der Waals surface area contributed by atoms with Crippen LogP contribution in [0.25, 0.3) is 0 Å². The number of rotatable bonds is 4. The lowest BCUT2D eigenvalue weighted by molar-refractivity contribution is 0.0339. The summed E-state index contributed by atoms with van der Waals surface area (Å²) in [6.07, 6.45) is 0.137. The lowest BCUT2D eigenvalue weighted by Crippen LogP contribution is -2.44. The molecule has 1 aliphatic heterocycles. The van der Waals surface area contributed by atoms with Crippen LogP contribution in [0.2, 0.25) is 0 Å². The van der Waals surface area contributed by atoms with Crippen LogP contribution in [0.3, 0.4) is 0 Å². The van der Waals surface area contributed by atoms with E-state index in [0.717, 1.165) is 37.8 Å². The van der Waals surface area contributed by atoms with Crippen molar-refractivity contribution >= 4 is 11.7 Å². The van der Waals surface area contributed by atoms with Crippen LogP contribution in [0.5, 0.6) is 0 Å². The number of nitrogens with zero attached hydrogens (tertiary/aromatic N) is 2. The Hall–Kier alpha value is -1.66. The van der Waals surface area contributed by atoms with E-state index in [1.807, 2.05) is 18.9 Å². The summed E-state index contributed by atoms with van der Waals surface area (Å²) in [5, 5.41) is 3.29. The van der Waals surface area contributed by atoms with Gasteiger partial charge in [0.1, 0.15) is 5.82 Å². The number of anilines is 1. The molecule has 104 valence electrons. The third-order valence-electron chi connectivity index (χ3n) is 3.10. The predicted octanol–water partition coefficient (Wildman–Crippen LogP) is -0.0865. The zero-order valence-corrected chi connectivity index (χ0v) is 11.3. The summed E-state index contributed by atoms with van der Waals surface area (Å²) in [6, 6.07) is 3.41. The Morgan fingerprint density at radius 2 is 2.42 bits per heavy atom. The van der Waals surface area contributed by atoms with E-state index in [1.54, 1.807) is 12.1 Å². The Morgan fingerprint density at radius 3 is 3.05 bits per heavy atom. The minimum atomic E-state index is -0.435. The maximum absolute atomic E-state index is 11.3. The number of ether oxygens (including phenoxy) is 1. The molecule has 19 heavy (non-hydrogen) atoms. The second-order valence-corrected chi connectivity index (χ2v) is 4.80. The van der Waals surface area contributed by atoms with Gasteiger partial charge < -0.3 is 20.7 Å². The molecule has 3 N–H and O–H groups in total. The van der Waals surface area contributed by atoms with Crippen LogP contribution in [0.4, 0.5) is 5.82 Å². The Morgan fingerprint density at radius 1 is 1.63 bits per heavy atom. The fraction of sp³-hybridized carbons (Fsp3) is 0.538. The number of carbonyl (C=O) groups is 1. The topological polar surface area (TPSA) is 80.5 Å². The van der Waals surface area contributed by atoms with Gasteiger partial charge in [-0.05, 0) is 19.1 Å². The summed E-state index contributed by atoms with van der Waals surface area (Å²) < 4.78 is 5.65. The number of primary amides is 1. The van der Waals surface area contributed by atoms with Crippen LogP contribution in [0.1, 0.15) is 16.1 Å². The molecule has 1 fully saturated rings. The van der Waals surface area contributed by atoms with Crippen molar-refractivity contribution in [2.75, 3.05) is 38.2 Å². The van der Waals surface area contributed by atoms with Crippen molar-refractivity contribution in [1.82, 2.24) is 10.3 Å². The summed E-state index contributed by atoms with van der Waals surface area (Å²) in [5.74, 6) is 0.304. The Bertz CT molecular complexity index is 458. The maximum Gasteiger partial charge on any atom is 0.248 e. The normalized spacial score (nSPS) is 19.2. The van der Waals surface area contributed by atoms with Crippen molar-refractivity contribution in [3.8, 4) is 0 Å². The predicted molar refractivity (Wildman–Crippen MR) is 73.4 cm³/mol. The standard InChI is InChI=1S/C13H20N4O2/c1-9-5-10(13(14)18)6-12(16-9)17(2)8-11-7-15-3-4-19-11/h5-6,11,15H,3-4,7-8H2,1-2H3,(H2,14,18). The van der Waals surface area contributed by atoms with E-state index < -0.39 is 5.91 Å². The average Bonchev–Trinajstić information content (AvgIpc) is 2.39. The van der Waals surface area contributed by atoms with E-state index in [9.17, 15) is 4.79 Å². The minimum Gasteiger partial charge on any atom is -0.374 e. The first kappa shape index (κ1) is 13.8. The molecule has 1 saturated heterocycles. The van der Waals surface area contributed by atoms with Crippen molar-refractivity contribution in [2.24, 2.45) is 5.73 Å². The Balaban J connectivity index is 2.09. The second kappa shape index (κ2) is 5.99. The van der Waals surface area contributed by atoms with Crippen LogP contribution in [0, 0.1) is 6.92 Å². The molecule has 1 unspecified atom stereocenters. The quantitative estimate of drug-likeness (QED) is 0.794. The number of pyridine rings is 1. The summed E-state index contributed by atoms with van der Waals surface area (Å²) in [6.45, 7) is 5.03. The first-order valence-electron chi connectivity index (χ1n) is 6.38. The van der Waals surface area contributed by atoms with Gasteiger partial charge in [0, 0.05) is 37.9 Å². The smallest absolute Gasteiger partial charge is 0.248 e. The molecule has 1 atom stereocenters. The highest BCUT2D eigenvalue weighted by Gasteiger charge is 2.17. The average molecular weight is 264 g/mol. The monoisotopic (exact) mass is 264 g/mol. The zero-order chi connectivity index (χ0) is 13.8. The highest BCUT2D eigenvalue weighted by Crippen LogP contribution is 2.14. The number of nitrogens with one attached hydrogen (secondary N) is 1. The fourth-order valence-electron chi connectivity index (χ4n) is 2.12. The lowest BCUT2D eigenvalue weighted by atomic mass is 10.2. The van der Waals surface area contributed by atoms with Gasteiger partial charge in [0.25, 0.3) is 0 Å². The zero-order valence-electron chi connectivity index (χ0n) is 11.3. The number of likely N-dealkylation sites (N-methyl/N-ethyl adjacent to an activating group) is 1. The molecule has 1 amide bonds. The van der Waals surface area contributed by atoms with E-state index in [4.69, 9.17) is 10.5 Å². The van der Waals surface area contributed by atoms with Gasteiger partial charge in [-0.3, -0.25) is 4.79 Å². The number of hydrogen-bond acceptors (Lipinski definition) is 5. The van der Waals surface area contributed by atoms with Crippen molar-refractivity contribution in [1.29, 1.82) is 0 Å². The van der Waals surface area contributed by atoms with Gasteiger partial charge in [0.05, 0.1) is 12.7 Å². The summed E-state index contributed by atoms with van der Waals surface area (Å²) in [5.41, 5.74) is 6.58. The summed E-state index contributed by atoms with van der Waals surface area (Å²) >= 11 is 0. The molecular formula is C13H20N4O2. The molecule has 0 aromatic carbocycles. The minimum absolute atomic E-state index is 0.137. The van der Waals surface area contributed by atoms with Crippen LogP contribution in [-0.4, -0.2) is 50.3 Å². The van der Waals surface area contributed by atoms with Crippen molar-refractivity contribution in [2.45, 2.75) is 13.0 Å². The third-order valence-corrected chi connectivity index (χ3v) is 3.10. The molecule has 0 aliphatic carbocycles. The van der Waals surface area contributed by atoms with Crippen molar-refractivity contribution in [3.63, 3.8) is 0 Å². The molecule has 0 saturated carbocycles. The molecule has 2 heterocycles. The molecule has 6 nitrogen and oxygen atoms in total. The van der Waals surface area contributed by atoms with Crippen LogP contribution >= 0.6 is 0 Å². The van der Waals surface area contributed by atoms with E-state index in [2.05, 4.69) is 10.3 Å². The van der Waals surface area contributed by atoms with Crippen LogP contribution < -0.4 is 16.0 Å². The number of aryl methyl sites for hydroxylation is 1. The van der Waals surface area contributed by atoms with Gasteiger partial charge in [-0.1, -0.05) is 0 Å². The van der Waals surface area contributed by atoms with Crippen molar-refractivity contribution in [3.05, 3.63) is 23.4 Å². The first-order chi connectivity index (χ1) is 9.06. The number of hydrogen-bond donors (Lipinski definition) is 2. The largest absolute Gasteiger partial charge is 0.374 e. The van der Waals surface area contributed by atoms with E-state index in [1.165, 1.54) is 0 Å². The molecule has 0 radical (unpaired) electrons. The number of amides is 1. The van der Waals surface area contributed by atoms with E-state index in [0.29, 0.717) is 5.56 Å². The van der Waals surface area contributed by atoms with Gasteiger partial charge in [0.2, 0.25) is 5.91 Å². The van der Waals surface area contributed by atoms with E-state index >= 15 is 0 Å². The third kappa shape index (κ3) is 3.65. The molecule has 0 spiro atoms. The fourth-order valence-corrected chi connectivity index (χ4v) is 2.12. The van der Waals surface area contributed by atoms with Gasteiger partial charge in [0.15, 0.2) is 0 Å². The first-order valence-corrected chi connectivity index (χ1v) is 6.38. The van der Waals surface area contributed by atoms with Crippen LogP contribution in [0.15, 0.2) is 12.1 Å². The Labute approximate surface area is 112 Å². The molecule has 6 heteroatoms. The molecule has 0 bridgehead atoms. The molecular weight excluding hydrogens is 244 g/mol. The molecule has 1 aliphatic rings. The summed E-state index contributed by atoms with van der Waals surface area (Å²) in [4.78, 5) is 17.7. The maximum atomic E-state index is 11.3. The van der Waals surface area contributed by atoms with Gasteiger partial charge in [-0.15, -0.1) is 0 Å². The van der Waals surface area contributed by atoms with E-state index in [-0.39, 0.29) is 6.10 Å². The highest BCUT2D eigenvalue weighted by atomic mass is 16.5. The lowest BCUT2D eigenvalue weighted by Gasteiger charge is -2.28. The van der Waals surface area contributed by atoms with Crippen molar-refractivity contribution < 1.29 is 9.53 Å². The van der Waals surface area contributed by atoms with Gasteiger partial charge in [-0.25, -0.2) is 4.98 Å². The number of carbonyl (C=O) groups excluding carboxylic acids is 1. The Kier molecular flexibility index (Phi) is 4.34. The van der Waals surface area contributed by atoms with Gasteiger partial charge >= 0.3 is 0 Å². The molecule has 2 rings (SSSR count). The number of nitrogens with two attached hydrogens (primary N) is 1. The van der Waals surface area contributed by atoms with Gasteiger partial charge in [-0.2, -0.15) is 0 Å². The SMILES string of the molecule is Cc1cc(C(N)=O)cc(N(C)CC2CNCCO2)n1. The summed E-state index contributed by atoms with van der Waals surface area (Å²) in [7, 11) is 1.94. The second-order valence-electron chi connectivity index (χ2n) is 4.80.